The number of halogens is 6. The predicted molar refractivity (Wildman–Crippen MR) is 108 cm³/mol. The number of hydrogen-bond donors (Lipinski definition) is 0. The summed E-state index contributed by atoms with van der Waals surface area (Å²) in [5.74, 6) is 0.672. The van der Waals surface area contributed by atoms with Crippen LogP contribution in [0.2, 0.25) is 0 Å². The van der Waals surface area contributed by atoms with Gasteiger partial charge in [-0.1, -0.05) is 0 Å². The molecule has 4 atom stereocenters. The number of aromatic nitrogens is 2. The lowest BCUT2D eigenvalue weighted by Gasteiger charge is -2.37. The van der Waals surface area contributed by atoms with E-state index < -0.39 is 23.6 Å². The van der Waals surface area contributed by atoms with Crippen molar-refractivity contribution in [2.24, 2.45) is 11.8 Å². The van der Waals surface area contributed by atoms with Crippen LogP contribution in [0.1, 0.15) is 48.6 Å². The normalized spacial score (nSPS) is 27.0. The largest absolute Gasteiger partial charge is 0.489 e. The molecule has 1 aromatic heterocycles. The molecule has 4 unspecified atom stereocenters. The Morgan fingerprint density at radius 2 is 1.71 bits per heavy atom. The van der Waals surface area contributed by atoms with Crippen LogP contribution in [-0.4, -0.2) is 41.0 Å². The average Bonchev–Trinajstić information content (AvgIpc) is 3.58. The lowest BCUT2D eigenvalue weighted by Crippen LogP contribution is -2.45. The summed E-state index contributed by atoms with van der Waals surface area (Å²) in [7, 11) is 0. The molecule has 2 bridgehead atoms. The van der Waals surface area contributed by atoms with E-state index in [-0.39, 0.29) is 29.6 Å². The molecule has 11 heteroatoms. The molecule has 1 aromatic carbocycles. The van der Waals surface area contributed by atoms with Crippen molar-refractivity contribution in [3.63, 3.8) is 0 Å². The zero-order valence-electron chi connectivity index (χ0n) is 18.1. The lowest BCUT2D eigenvalue weighted by molar-refractivity contribution is -0.141. The van der Waals surface area contributed by atoms with Gasteiger partial charge in [0.2, 0.25) is 0 Å². The molecule has 2 aliphatic heterocycles. The first-order valence-electron chi connectivity index (χ1n) is 11.2. The molecule has 3 heterocycles. The van der Waals surface area contributed by atoms with Crippen molar-refractivity contribution < 1.29 is 35.8 Å². The molecule has 3 fully saturated rings. The first kappa shape index (κ1) is 23.2. The van der Waals surface area contributed by atoms with Gasteiger partial charge >= 0.3 is 12.4 Å². The van der Waals surface area contributed by atoms with E-state index in [1.165, 1.54) is 12.1 Å². The second-order valence-corrected chi connectivity index (χ2v) is 9.24. The second kappa shape index (κ2) is 8.58. The number of benzene rings is 1. The van der Waals surface area contributed by atoms with Crippen LogP contribution in [0, 0.1) is 11.8 Å². The number of fused-ring (bicyclic) bond motifs is 2. The summed E-state index contributed by atoms with van der Waals surface area (Å²) >= 11 is 0. The van der Waals surface area contributed by atoms with Gasteiger partial charge in [0.1, 0.15) is 0 Å². The van der Waals surface area contributed by atoms with Crippen LogP contribution in [0.4, 0.5) is 26.3 Å². The fraction of sp³-hybridized carbons (Fsp3) is 0.565. The molecule has 0 amide bonds. The SMILES string of the molecule is FC(F)(F)c1ccc(OC2C3CCN2CC(c2ccc(C(F)(F)F)nn2)C3)c(OCC2CC2)c1. The van der Waals surface area contributed by atoms with Gasteiger partial charge in [-0.05, 0) is 61.9 Å². The van der Waals surface area contributed by atoms with Crippen molar-refractivity contribution in [1.29, 1.82) is 0 Å². The Hall–Kier alpha value is -2.56. The van der Waals surface area contributed by atoms with Crippen molar-refractivity contribution in [2.75, 3.05) is 19.7 Å². The molecule has 0 N–H and O–H groups in total. The van der Waals surface area contributed by atoms with Crippen LogP contribution < -0.4 is 9.47 Å². The van der Waals surface area contributed by atoms with Crippen molar-refractivity contribution in [1.82, 2.24) is 15.1 Å². The Labute approximate surface area is 192 Å². The zero-order valence-corrected chi connectivity index (χ0v) is 18.1. The molecule has 184 valence electrons. The molecule has 1 aliphatic carbocycles. The van der Waals surface area contributed by atoms with Crippen LogP contribution in [-0.2, 0) is 12.4 Å². The third-order valence-electron chi connectivity index (χ3n) is 6.68. The third-order valence-corrected chi connectivity index (χ3v) is 6.68. The van der Waals surface area contributed by atoms with E-state index in [4.69, 9.17) is 9.47 Å². The van der Waals surface area contributed by atoms with E-state index in [0.717, 1.165) is 44.0 Å². The van der Waals surface area contributed by atoms with Gasteiger partial charge in [-0.3, -0.25) is 4.90 Å². The lowest BCUT2D eigenvalue weighted by atomic mass is 9.87. The molecule has 1 saturated carbocycles. The van der Waals surface area contributed by atoms with E-state index in [2.05, 4.69) is 15.1 Å². The van der Waals surface area contributed by atoms with Crippen molar-refractivity contribution in [3.8, 4) is 11.5 Å². The van der Waals surface area contributed by atoms with Crippen LogP contribution in [0.25, 0.3) is 0 Å². The van der Waals surface area contributed by atoms with Gasteiger partial charge in [-0.2, -0.15) is 31.4 Å². The summed E-state index contributed by atoms with van der Waals surface area (Å²) < 4.78 is 89.9. The summed E-state index contributed by atoms with van der Waals surface area (Å²) in [5, 5.41) is 7.13. The smallest absolute Gasteiger partial charge is 0.435 e. The Bertz CT molecular complexity index is 1010. The molecule has 0 spiro atoms. The number of alkyl halides is 6. The summed E-state index contributed by atoms with van der Waals surface area (Å²) in [6.45, 7) is 1.59. The highest BCUT2D eigenvalue weighted by atomic mass is 19.4. The third kappa shape index (κ3) is 4.94. The molecular formula is C23H23F6N3O2. The van der Waals surface area contributed by atoms with Gasteiger partial charge in [0.15, 0.2) is 23.4 Å². The van der Waals surface area contributed by atoms with E-state index in [1.54, 1.807) is 0 Å². The highest BCUT2D eigenvalue weighted by Gasteiger charge is 2.44. The molecule has 34 heavy (non-hydrogen) atoms. The Kier molecular flexibility index (Phi) is 5.86. The maximum atomic E-state index is 13.2. The standard InChI is InChI=1S/C23H23F6N3O2/c24-22(25,26)16-3-5-18(19(10-16)33-12-13-1-2-13)34-21-14-7-8-32(21)11-15(9-14)17-4-6-20(31-30-17)23(27,28)29/h3-6,10,13-15,21H,1-2,7-9,11-12H2. The number of hydrogen-bond acceptors (Lipinski definition) is 5. The van der Waals surface area contributed by atoms with E-state index in [1.807, 2.05) is 0 Å². The fourth-order valence-corrected chi connectivity index (χ4v) is 4.67. The molecule has 2 saturated heterocycles. The maximum Gasteiger partial charge on any atom is 0.435 e. The molecule has 2 aromatic rings. The van der Waals surface area contributed by atoms with Gasteiger partial charge in [0, 0.05) is 24.9 Å². The van der Waals surface area contributed by atoms with Crippen LogP contribution in [0.15, 0.2) is 30.3 Å². The van der Waals surface area contributed by atoms with Crippen LogP contribution >= 0.6 is 0 Å². The maximum absolute atomic E-state index is 13.2. The minimum Gasteiger partial charge on any atom is -0.489 e. The number of nitrogens with zero attached hydrogens (tertiary/aromatic N) is 3. The van der Waals surface area contributed by atoms with E-state index >= 15 is 0 Å². The van der Waals surface area contributed by atoms with Crippen molar-refractivity contribution >= 4 is 0 Å². The molecule has 3 aliphatic rings. The highest BCUT2D eigenvalue weighted by molar-refractivity contribution is 5.44. The van der Waals surface area contributed by atoms with Gasteiger partial charge < -0.3 is 9.47 Å². The van der Waals surface area contributed by atoms with Gasteiger partial charge in [-0.25, -0.2) is 0 Å². The van der Waals surface area contributed by atoms with E-state index in [0.29, 0.717) is 31.2 Å². The summed E-state index contributed by atoms with van der Waals surface area (Å²) in [6.07, 6.45) is -5.92. The first-order valence-corrected chi connectivity index (χ1v) is 11.2. The predicted octanol–water partition coefficient (Wildman–Crippen LogP) is 5.52. The van der Waals surface area contributed by atoms with Crippen LogP contribution in [0.3, 0.4) is 0 Å². The minimum atomic E-state index is -4.54. The molecule has 5 rings (SSSR count). The topological polar surface area (TPSA) is 47.5 Å². The van der Waals surface area contributed by atoms with Gasteiger partial charge in [0.05, 0.1) is 17.9 Å². The van der Waals surface area contributed by atoms with Crippen molar-refractivity contribution in [2.45, 2.75) is 50.2 Å². The first-order chi connectivity index (χ1) is 16.1. The number of rotatable bonds is 6. The van der Waals surface area contributed by atoms with Crippen LogP contribution in [0.5, 0.6) is 11.5 Å². The Morgan fingerprint density at radius 3 is 2.32 bits per heavy atom. The summed E-state index contributed by atoms with van der Waals surface area (Å²) in [6, 6.07) is 5.58. The Morgan fingerprint density at radius 1 is 0.912 bits per heavy atom. The monoisotopic (exact) mass is 487 g/mol. The fourth-order valence-electron chi connectivity index (χ4n) is 4.67. The second-order valence-electron chi connectivity index (χ2n) is 9.24. The van der Waals surface area contributed by atoms with Gasteiger partial charge in [0.25, 0.3) is 0 Å². The summed E-state index contributed by atoms with van der Waals surface area (Å²) in [5.41, 5.74) is -1.33. The quantitative estimate of drug-likeness (QED) is 0.503. The van der Waals surface area contributed by atoms with Gasteiger partial charge in [-0.15, -0.1) is 5.10 Å². The number of ether oxygens (including phenoxy) is 2. The molecule has 0 radical (unpaired) electrons. The van der Waals surface area contributed by atoms with Crippen molar-refractivity contribution in [3.05, 3.63) is 47.3 Å². The minimum absolute atomic E-state index is 0.0569. The summed E-state index contributed by atoms with van der Waals surface area (Å²) in [4.78, 5) is 2.06. The average molecular weight is 487 g/mol. The molecule has 5 nitrogen and oxygen atoms in total. The molecular weight excluding hydrogens is 464 g/mol. The Balaban J connectivity index is 1.30. The zero-order chi connectivity index (χ0) is 24.1. The van der Waals surface area contributed by atoms with E-state index in [9.17, 15) is 26.3 Å². The number of piperidine rings is 1. The highest BCUT2D eigenvalue weighted by Crippen LogP contribution is 2.44.